The minimum atomic E-state index is -0.647. The van der Waals surface area contributed by atoms with Crippen molar-refractivity contribution in [1.29, 1.82) is 5.26 Å². The minimum absolute atomic E-state index is 0.107. The van der Waals surface area contributed by atoms with Crippen LogP contribution < -0.4 is 11.1 Å². The molecule has 0 radical (unpaired) electrons. The summed E-state index contributed by atoms with van der Waals surface area (Å²) in [5.74, 6) is -0.411. The van der Waals surface area contributed by atoms with Gasteiger partial charge in [-0.15, -0.1) is 6.58 Å². The molecule has 1 aliphatic heterocycles. The zero-order chi connectivity index (χ0) is 24.8. The third-order valence-electron chi connectivity index (χ3n) is 6.27. The Kier molecular flexibility index (Phi) is 7.75. The first-order valence-corrected chi connectivity index (χ1v) is 11.3. The van der Waals surface area contributed by atoms with Crippen molar-refractivity contribution in [1.82, 2.24) is 14.8 Å². The topological polar surface area (TPSA) is 104 Å². The van der Waals surface area contributed by atoms with E-state index in [1.807, 2.05) is 29.7 Å². The lowest BCUT2D eigenvalue weighted by Crippen LogP contribution is -2.45. The molecule has 1 aromatic carbocycles. The molecule has 3 unspecified atom stereocenters. The first-order valence-electron chi connectivity index (χ1n) is 11.3. The van der Waals surface area contributed by atoms with Crippen LogP contribution in [0.1, 0.15) is 58.1 Å². The summed E-state index contributed by atoms with van der Waals surface area (Å²) in [6.45, 7) is 13.7. The number of nitrogens with two attached hydrogens (primary N) is 1. The summed E-state index contributed by atoms with van der Waals surface area (Å²) in [6.07, 6.45) is 5.94. The van der Waals surface area contributed by atoms with Crippen molar-refractivity contribution in [2.45, 2.75) is 44.3 Å². The Morgan fingerprint density at radius 1 is 1.21 bits per heavy atom. The number of fused-ring (bicyclic) bond motifs is 1. The van der Waals surface area contributed by atoms with Crippen molar-refractivity contribution in [3.8, 4) is 6.07 Å². The van der Waals surface area contributed by atoms with Crippen molar-refractivity contribution < 1.29 is 9.59 Å². The van der Waals surface area contributed by atoms with E-state index in [9.17, 15) is 14.9 Å². The Bertz CT molecular complexity index is 1140. The van der Waals surface area contributed by atoms with E-state index in [-0.39, 0.29) is 30.1 Å². The highest BCUT2D eigenvalue weighted by atomic mass is 16.2. The molecule has 1 saturated carbocycles. The normalized spacial score (nSPS) is 18.8. The number of hydrogen-bond donors (Lipinski definition) is 2. The van der Waals surface area contributed by atoms with E-state index in [1.165, 1.54) is 5.56 Å². The fourth-order valence-electron chi connectivity index (χ4n) is 4.40. The van der Waals surface area contributed by atoms with Crippen LogP contribution in [0.3, 0.4) is 0 Å². The number of nitrogens with zero attached hydrogens (tertiary/aromatic N) is 3. The second kappa shape index (κ2) is 10.7. The van der Waals surface area contributed by atoms with Crippen molar-refractivity contribution in [2.24, 2.45) is 5.73 Å². The molecule has 34 heavy (non-hydrogen) atoms. The standard InChI is InChI=1S/C23H25N5O2.C4H6/c1-3-14(2)21-17(12-24)20(22(25)29)19-13-27(9-10-28(19)21)23(30)26-18-11-16(18)15-7-5-4-6-8-15;1-3-4-2/h3-8,14,16,18H,1,9-11,13H2,2H3,(H2,25,29)(H,26,30);3-4H,1-2H2. The van der Waals surface area contributed by atoms with Gasteiger partial charge in [0, 0.05) is 36.7 Å². The van der Waals surface area contributed by atoms with Crippen LogP contribution in [0.5, 0.6) is 0 Å². The van der Waals surface area contributed by atoms with E-state index in [4.69, 9.17) is 5.73 Å². The SMILES string of the molecule is C=CC(C)c1c(C#N)c(C(N)=O)c2n1CCN(C(=O)NC1CC1c1ccccc1)C2.C=CC=C. The molecule has 176 valence electrons. The number of allylic oxidation sites excluding steroid dienone is 3. The van der Waals surface area contributed by atoms with Crippen LogP contribution >= 0.6 is 0 Å². The van der Waals surface area contributed by atoms with Crippen LogP contribution in [0.25, 0.3) is 0 Å². The first kappa shape index (κ1) is 24.6. The van der Waals surface area contributed by atoms with Gasteiger partial charge in [-0.05, 0) is 12.0 Å². The highest BCUT2D eigenvalue weighted by Crippen LogP contribution is 2.41. The maximum absolute atomic E-state index is 12.9. The molecule has 0 bridgehead atoms. The van der Waals surface area contributed by atoms with Gasteiger partial charge in [-0.25, -0.2) is 4.79 Å². The van der Waals surface area contributed by atoms with Crippen LogP contribution in [-0.4, -0.2) is 34.0 Å². The van der Waals surface area contributed by atoms with E-state index in [0.29, 0.717) is 30.3 Å². The third kappa shape index (κ3) is 4.96. The van der Waals surface area contributed by atoms with Gasteiger partial charge in [0.25, 0.3) is 5.91 Å². The number of urea groups is 1. The highest BCUT2D eigenvalue weighted by molar-refractivity contribution is 5.97. The van der Waals surface area contributed by atoms with Gasteiger partial charge in [0.15, 0.2) is 0 Å². The van der Waals surface area contributed by atoms with Gasteiger partial charge in [0.2, 0.25) is 0 Å². The number of hydrogen-bond acceptors (Lipinski definition) is 3. The second-order valence-corrected chi connectivity index (χ2v) is 8.44. The van der Waals surface area contributed by atoms with E-state index >= 15 is 0 Å². The number of aromatic nitrogens is 1. The predicted molar refractivity (Wildman–Crippen MR) is 133 cm³/mol. The molecular formula is C27H31N5O2. The molecule has 0 saturated heterocycles. The summed E-state index contributed by atoms with van der Waals surface area (Å²) in [6, 6.07) is 12.3. The predicted octanol–water partition coefficient (Wildman–Crippen LogP) is 4.19. The number of benzene rings is 1. The molecule has 4 rings (SSSR count). The largest absolute Gasteiger partial charge is 0.366 e. The van der Waals surface area contributed by atoms with Crippen LogP contribution in [-0.2, 0) is 13.1 Å². The average Bonchev–Trinajstić information content (AvgIpc) is 3.54. The molecule has 1 aliphatic carbocycles. The summed E-state index contributed by atoms with van der Waals surface area (Å²) < 4.78 is 1.96. The molecule has 3 atom stereocenters. The molecule has 1 fully saturated rings. The first-order chi connectivity index (χ1) is 16.4. The Labute approximate surface area is 200 Å². The van der Waals surface area contributed by atoms with Crippen LogP contribution in [0.4, 0.5) is 4.79 Å². The lowest BCUT2D eigenvalue weighted by Gasteiger charge is -2.30. The Balaban J connectivity index is 0.000000751. The van der Waals surface area contributed by atoms with E-state index in [0.717, 1.165) is 12.1 Å². The monoisotopic (exact) mass is 457 g/mol. The lowest BCUT2D eigenvalue weighted by molar-refractivity contribution is 0.0996. The molecule has 2 aliphatic rings. The van der Waals surface area contributed by atoms with Crippen molar-refractivity contribution in [3.05, 3.63) is 96.4 Å². The van der Waals surface area contributed by atoms with Gasteiger partial charge >= 0.3 is 6.03 Å². The Morgan fingerprint density at radius 2 is 1.88 bits per heavy atom. The molecule has 7 nitrogen and oxygen atoms in total. The summed E-state index contributed by atoms with van der Waals surface area (Å²) >= 11 is 0. The summed E-state index contributed by atoms with van der Waals surface area (Å²) in [5, 5.41) is 12.8. The molecule has 2 aromatic rings. The molecule has 2 heterocycles. The van der Waals surface area contributed by atoms with Crippen molar-refractivity contribution in [2.75, 3.05) is 6.54 Å². The number of nitriles is 1. The van der Waals surface area contributed by atoms with Gasteiger partial charge in [-0.3, -0.25) is 4.79 Å². The quantitative estimate of drug-likeness (QED) is 0.502. The van der Waals surface area contributed by atoms with Crippen molar-refractivity contribution in [3.63, 3.8) is 0 Å². The third-order valence-corrected chi connectivity index (χ3v) is 6.27. The summed E-state index contributed by atoms with van der Waals surface area (Å²) in [5.41, 5.74) is 8.71. The van der Waals surface area contributed by atoms with Crippen LogP contribution in [0.15, 0.2) is 68.3 Å². The zero-order valence-corrected chi connectivity index (χ0v) is 19.5. The van der Waals surface area contributed by atoms with Gasteiger partial charge in [0.05, 0.1) is 23.4 Å². The number of carbonyl (C=O) groups excluding carboxylic acids is 2. The molecule has 1 aromatic heterocycles. The van der Waals surface area contributed by atoms with Crippen LogP contribution in [0.2, 0.25) is 0 Å². The number of amides is 3. The van der Waals surface area contributed by atoms with Gasteiger partial charge in [0.1, 0.15) is 6.07 Å². The fourth-order valence-corrected chi connectivity index (χ4v) is 4.40. The number of nitrogens with one attached hydrogen (secondary N) is 1. The second-order valence-electron chi connectivity index (χ2n) is 8.44. The summed E-state index contributed by atoms with van der Waals surface area (Å²) in [4.78, 5) is 26.7. The number of carbonyl (C=O) groups is 2. The molecule has 7 heteroatoms. The van der Waals surface area contributed by atoms with Gasteiger partial charge in [-0.2, -0.15) is 5.26 Å². The maximum Gasteiger partial charge on any atom is 0.318 e. The smallest absolute Gasteiger partial charge is 0.318 e. The average molecular weight is 458 g/mol. The van der Waals surface area contributed by atoms with Crippen LogP contribution in [0, 0.1) is 11.3 Å². The molecular weight excluding hydrogens is 426 g/mol. The molecule has 3 N–H and O–H groups in total. The van der Waals surface area contributed by atoms with E-state index < -0.39 is 5.91 Å². The van der Waals surface area contributed by atoms with E-state index in [2.05, 4.69) is 43.3 Å². The van der Waals surface area contributed by atoms with Gasteiger partial charge in [-0.1, -0.05) is 68.6 Å². The van der Waals surface area contributed by atoms with Crippen molar-refractivity contribution >= 4 is 11.9 Å². The number of rotatable bonds is 6. The highest BCUT2D eigenvalue weighted by Gasteiger charge is 2.41. The van der Waals surface area contributed by atoms with Gasteiger partial charge < -0.3 is 20.5 Å². The Hall–Kier alpha value is -4.05. The summed E-state index contributed by atoms with van der Waals surface area (Å²) in [7, 11) is 0. The number of primary amides is 1. The lowest BCUT2D eigenvalue weighted by atomic mass is 10.0. The molecule has 0 spiro atoms. The zero-order valence-electron chi connectivity index (χ0n) is 19.5. The Morgan fingerprint density at radius 3 is 2.44 bits per heavy atom. The minimum Gasteiger partial charge on any atom is -0.366 e. The maximum atomic E-state index is 12.9. The van der Waals surface area contributed by atoms with E-state index in [1.54, 1.807) is 23.1 Å². The molecule has 3 amide bonds. The fraction of sp³-hybridized carbons (Fsp3) is 0.296.